The summed E-state index contributed by atoms with van der Waals surface area (Å²) < 4.78 is 5.27. The number of amides is 4. The topological polar surface area (TPSA) is 99.8 Å². The van der Waals surface area contributed by atoms with Crippen LogP contribution in [0.15, 0.2) is 48.5 Å². The third kappa shape index (κ3) is 5.50. The molecule has 158 valence electrons. The standard InChI is InChI=1S/C22H26N4O4/c1-15(27)23-17-6-5-7-18(14-17)24-22(29)26-12-10-16(11-13-26)21(28)25-19-8-3-4-9-20(19)30-2/h3-9,14,16H,10-13H2,1-2H3,(H,23,27)(H,24,29)(H,25,28). The van der Waals surface area contributed by atoms with Crippen LogP contribution in [-0.4, -0.2) is 42.9 Å². The number of hydrogen-bond donors (Lipinski definition) is 3. The van der Waals surface area contributed by atoms with Crippen LogP contribution in [0.3, 0.4) is 0 Å². The minimum Gasteiger partial charge on any atom is -0.495 e. The van der Waals surface area contributed by atoms with Crippen molar-refractivity contribution in [3.05, 3.63) is 48.5 Å². The molecule has 1 aliphatic heterocycles. The van der Waals surface area contributed by atoms with Gasteiger partial charge >= 0.3 is 6.03 Å². The number of nitrogens with one attached hydrogen (secondary N) is 3. The van der Waals surface area contributed by atoms with Crippen LogP contribution in [-0.2, 0) is 9.59 Å². The van der Waals surface area contributed by atoms with Gasteiger partial charge < -0.3 is 25.6 Å². The Labute approximate surface area is 175 Å². The second kappa shape index (κ2) is 9.78. The van der Waals surface area contributed by atoms with Crippen LogP contribution < -0.4 is 20.7 Å². The van der Waals surface area contributed by atoms with Gasteiger partial charge in [0.2, 0.25) is 11.8 Å². The van der Waals surface area contributed by atoms with Gasteiger partial charge in [0.05, 0.1) is 12.8 Å². The number of para-hydroxylation sites is 2. The van der Waals surface area contributed by atoms with Gasteiger partial charge in [0.1, 0.15) is 5.75 Å². The predicted molar refractivity (Wildman–Crippen MR) is 116 cm³/mol. The first kappa shape index (κ1) is 21.2. The van der Waals surface area contributed by atoms with Crippen molar-refractivity contribution in [3.63, 3.8) is 0 Å². The number of nitrogens with zero attached hydrogens (tertiary/aromatic N) is 1. The summed E-state index contributed by atoms with van der Waals surface area (Å²) in [5.41, 5.74) is 1.86. The molecule has 2 aromatic carbocycles. The van der Waals surface area contributed by atoms with Gasteiger partial charge in [-0.15, -0.1) is 0 Å². The Morgan fingerprint density at radius 3 is 2.27 bits per heavy atom. The van der Waals surface area contributed by atoms with E-state index >= 15 is 0 Å². The number of anilines is 3. The fraction of sp³-hybridized carbons (Fsp3) is 0.318. The van der Waals surface area contributed by atoms with E-state index in [1.165, 1.54) is 6.92 Å². The van der Waals surface area contributed by atoms with E-state index in [9.17, 15) is 14.4 Å². The SMILES string of the molecule is COc1ccccc1NC(=O)C1CCN(C(=O)Nc2cccc(NC(C)=O)c2)CC1. The van der Waals surface area contributed by atoms with Crippen LogP contribution >= 0.6 is 0 Å². The molecule has 1 saturated heterocycles. The molecule has 2 aromatic rings. The fourth-order valence-corrected chi connectivity index (χ4v) is 3.41. The highest BCUT2D eigenvalue weighted by atomic mass is 16.5. The van der Waals surface area contributed by atoms with E-state index in [0.717, 1.165) is 0 Å². The van der Waals surface area contributed by atoms with Crippen LogP contribution in [0, 0.1) is 5.92 Å². The molecule has 1 heterocycles. The summed E-state index contributed by atoms with van der Waals surface area (Å²) >= 11 is 0. The van der Waals surface area contributed by atoms with E-state index in [1.807, 2.05) is 12.1 Å². The molecule has 0 saturated carbocycles. The molecular formula is C22H26N4O4. The molecule has 0 unspecified atom stereocenters. The maximum absolute atomic E-state index is 12.6. The summed E-state index contributed by atoms with van der Waals surface area (Å²) in [4.78, 5) is 38.0. The maximum atomic E-state index is 12.6. The summed E-state index contributed by atoms with van der Waals surface area (Å²) in [5.74, 6) is 0.209. The third-order valence-corrected chi connectivity index (χ3v) is 4.95. The number of carbonyl (C=O) groups excluding carboxylic acids is 3. The minimum absolute atomic E-state index is 0.0671. The normalized spacial score (nSPS) is 14.0. The summed E-state index contributed by atoms with van der Waals surface area (Å²) in [5, 5.41) is 8.45. The summed E-state index contributed by atoms with van der Waals surface area (Å²) in [6.45, 7) is 2.40. The largest absolute Gasteiger partial charge is 0.495 e. The Bertz CT molecular complexity index is 923. The molecule has 0 bridgehead atoms. The molecule has 0 aliphatic carbocycles. The molecule has 3 N–H and O–H groups in total. The van der Waals surface area contributed by atoms with Gasteiger partial charge in [-0.1, -0.05) is 18.2 Å². The third-order valence-electron chi connectivity index (χ3n) is 4.95. The zero-order valence-electron chi connectivity index (χ0n) is 17.1. The average Bonchev–Trinajstić information content (AvgIpc) is 2.74. The molecule has 1 aliphatic rings. The molecule has 3 rings (SSSR count). The van der Waals surface area contributed by atoms with Gasteiger partial charge in [-0.05, 0) is 43.2 Å². The first-order valence-corrected chi connectivity index (χ1v) is 9.83. The van der Waals surface area contributed by atoms with Crippen molar-refractivity contribution in [2.75, 3.05) is 36.1 Å². The number of benzene rings is 2. The van der Waals surface area contributed by atoms with Crippen molar-refractivity contribution in [3.8, 4) is 5.75 Å². The number of carbonyl (C=O) groups is 3. The van der Waals surface area contributed by atoms with E-state index < -0.39 is 0 Å². The Kier molecular flexibility index (Phi) is 6.90. The maximum Gasteiger partial charge on any atom is 0.321 e. The lowest BCUT2D eigenvalue weighted by Crippen LogP contribution is -2.43. The molecule has 8 nitrogen and oxygen atoms in total. The Hall–Kier alpha value is -3.55. The van der Waals surface area contributed by atoms with Gasteiger partial charge in [0.15, 0.2) is 0 Å². The molecule has 0 atom stereocenters. The van der Waals surface area contributed by atoms with Crippen molar-refractivity contribution in [2.24, 2.45) is 5.92 Å². The number of urea groups is 1. The number of ether oxygens (including phenoxy) is 1. The number of rotatable bonds is 5. The van der Waals surface area contributed by atoms with Gasteiger partial charge in [0.25, 0.3) is 0 Å². The zero-order chi connectivity index (χ0) is 21.5. The molecule has 1 fully saturated rings. The van der Waals surface area contributed by atoms with E-state index in [1.54, 1.807) is 48.4 Å². The van der Waals surface area contributed by atoms with E-state index in [0.29, 0.717) is 48.7 Å². The van der Waals surface area contributed by atoms with Gasteiger partial charge in [0, 0.05) is 37.3 Å². The first-order valence-electron chi connectivity index (χ1n) is 9.83. The van der Waals surface area contributed by atoms with Crippen molar-refractivity contribution in [1.29, 1.82) is 0 Å². The van der Waals surface area contributed by atoms with Crippen molar-refractivity contribution in [2.45, 2.75) is 19.8 Å². The second-order valence-electron chi connectivity index (χ2n) is 7.14. The Balaban J connectivity index is 1.52. The van der Waals surface area contributed by atoms with Crippen LogP contribution in [0.25, 0.3) is 0 Å². The van der Waals surface area contributed by atoms with E-state index in [4.69, 9.17) is 4.74 Å². The number of piperidine rings is 1. The molecule has 0 spiro atoms. The minimum atomic E-state index is -0.224. The molecular weight excluding hydrogens is 384 g/mol. The Morgan fingerprint density at radius 1 is 0.933 bits per heavy atom. The van der Waals surface area contributed by atoms with Gasteiger partial charge in [-0.2, -0.15) is 0 Å². The van der Waals surface area contributed by atoms with E-state index in [-0.39, 0.29) is 23.8 Å². The van der Waals surface area contributed by atoms with Crippen molar-refractivity contribution in [1.82, 2.24) is 4.90 Å². The van der Waals surface area contributed by atoms with Crippen molar-refractivity contribution >= 4 is 34.9 Å². The molecule has 4 amide bonds. The van der Waals surface area contributed by atoms with Gasteiger partial charge in [-0.25, -0.2) is 4.79 Å². The summed E-state index contributed by atoms with van der Waals surface area (Å²) in [7, 11) is 1.56. The molecule has 0 aromatic heterocycles. The highest BCUT2D eigenvalue weighted by Gasteiger charge is 2.27. The Morgan fingerprint density at radius 2 is 1.60 bits per heavy atom. The number of methoxy groups -OCH3 is 1. The van der Waals surface area contributed by atoms with Crippen LogP contribution in [0.2, 0.25) is 0 Å². The van der Waals surface area contributed by atoms with Crippen LogP contribution in [0.4, 0.5) is 21.9 Å². The molecule has 30 heavy (non-hydrogen) atoms. The summed E-state index contributed by atoms with van der Waals surface area (Å²) in [6.07, 6.45) is 1.17. The lowest BCUT2D eigenvalue weighted by Gasteiger charge is -2.31. The zero-order valence-corrected chi connectivity index (χ0v) is 17.1. The average molecular weight is 410 g/mol. The fourth-order valence-electron chi connectivity index (χ4n) is 3.41. The smallest absolute Gasteiger partial charge is 0.321 e. The lowest BCUT2D eigenvalue weighted by atomic mass is 9.96. The quantitative estimate of drug-likeness (QED) is 0.702. The predicted octanol–water partition coefficient (Wildman–Crippen LogP) is 3.54. The molecule has 8 heteroatoms. The van der Waals surface area contributed by atoms with Gasteiger partial charge in [-0.3, -0.25) is 9.59 Å². The highest BCUT2D eigenvalue weighted by molar-refractivity contribution is 5.95. The second-order valence-corrected chi connectivity index (χ2v) is 7.14. The lowest BCUT2D eigenvalue weighted by molar-refractivity contribution is -0.121. The van der Waals surface area contributed by atoms with E-state index in [2.05, 4.69) is 16.0 Å². The summed E-state index contributed by atoms with van der Waals surface area (Å²) in [6, 6.07) is 14.0. The number of hydrogen-bond acceptors (Lipinski definition) is 4. The highest BCUT2D eigenvalue weighted by Crippen LogP contribution is 2.26. The van der Waals surface area contributed by atoms with Crippen LogP contribution in [0.5, 0.6) is 5.75 Å². The first-order chi connectivity index (χ1) is 14.5. The number of likely N-dealkylation sites (tertiary alicyclic amines) is 1. The monoisotopic (exact) mass is 410 g/mol. The molecule has 0 radical (unpaired) electrons. The van der Waals surface area contributed by atoms with Crippen LogP contribution in [0.1, 0.15) is 19.8 Å². The van der Waals surface area contributed by atoms with Crippen molar-refractivity contribution < 1.29 is 19.1 Å².